The van der Waals surface area contributed by atoms with E-state index in [0.717, 1.165) is 12.8 Å². The minimum absolute atomic E-state index is 0.0451. The number of amides is 2. The smallest absolute Gasteiger partial charge is 0.251 e. The Kier molecular flexibility index (Phi) is 6.38. The topological polar surface area (TPSA) is 49.4 Å². The molecule has 1 N–H and O–H groups in total. The number of carbonyl (C=O) groups is 2. The van der Waals surface area contributed by atoms with Crippen molar-refractivity contribution in [1.29, 1.82) is 0 Å². The molecule has 26 heavy (non-hydrogen) atoms. The van der Waals surface area contributed by atoms with Gasteiger partial charge in [-0.3, -0.25) is 9.59 Å². The van der Waals surface area contributed by atoms with E-state index < -0.39 is 5.41 Å². The molecule has 0 atom stereocenters. The van der Waals surface area contributed by atoms with Gasteiger partial charge in [0, 0.05) is 30.6 Å². The normalized spacial score (nSPS) is 16.5. The molecule has 0 aromatic heterocycles. The van der Waals surface area contributed by atoms with Gasteiger partial charge in [-0.2, -0.15) is 0 Å². The third-order valence-electron chi connectivity index (χ3n) is 5.04. The average Bonchev–Trinajstić information content (AvgIpc) is 2.61. The Balaban J connectivity index is 1.89. The van der Waals surface area contributed by atoms with E-state index in [1.165, 1.54) is 5.56 Å². The van der Waals surface area contributed by atoms with Crippen molar-refractivity contribution in [2.45, 2.75) is 58.9 Å². The summed E-state index contributed by atoms with van der Waals surface area (Å²) in [5.41, 5.74) is 1.43. The predicted molar refractivity (Wildman–Crippen MR) is 107 cm³/mol. The van der Waals surface area contributed by atoms with Crippen LogP contribution in [0, 0.1) is 5.41 Å². The van der Waals surface area contributed by atoms with Crippen molar-refractivity contribution in [3.05, 3.63) is 35.4 Å². The first-order valence-electron chi connectivity index (χ1n) is 9.31. The maximum Gasteiger partial charge on any atom is 0.251 e. The van der Waals surface area contributed by atoms with Crippen LogP contribution in [0.15, 0.2) is 24.3 Å². The fraction of sp³-hybridized carbons (Fsp3) is 0.619. The molecule has 1 aliphatic rings. The molecule has 0 bridgehead atoms. The zero-order valence-electron chi connectivity index (χ0n) is 16.6. The fourth-order valence-electron chi connectivity index (χ4n) is 3.10. The summed E-state index contributed by atoms with van der Waals surface area (Å²) in [6.45, 7) is 11.5. The summed E-state index contributed by atoms with van der Waals surface area (Å²) in [6.07, 6.45) is 1.55. The standard InChI is InChI=1S/C21H31ClN2O2/c1-20(2,3)16-8-6-15(7-9-16)18(25)23-17-10-12-24(13-11-17)19(26)21(4,5)14-22/h6-9,17H,10-14H2,1-5H3,(H,23,25). The lowest BCUT2D eigenvalue weighted by Crippen LogP contribution is -2.50. The quantitative estimate of drug-likeness (QED) is 0.806. The zero-order chi connectivity index (χ0) is 19.5. The molecule has 0 spiro atoms. The van der Waals surface area contributed by atoms with Gasteiger partial charge in [-0.15, -0.1) is 11.6 Å². The monoisotopic (exact) mass is 378 g/mol. The highest BCUT2D eigenvalue weighted by molar-refractivity contribution is 6.19. The van der Waals surface area contributed by atoms with Crippen molar-refractivity contribution in [3.8, 4) is 0 Å². The molecule has 2 rings (SSSR count). The van der Waals surface area contributed by atoms with Gasteiger partial charge in [0.25, 0.3) is 5.91 Å². The van der Waals surface area contributed by atoms with E-state index >= 15 is 0 Å². The second-order valence-electron chi connectivity index (χ2n) is 8.88. The molecule has 144 valence electrons. The molecule has 1 aromatic carbocycles. The van der Waals surface area contributed by atoms with Crippen LogP contribution >= 0.6 is 11.6 Å². The van der Waals surface area contributed by atoms with Gasteiger partial charge in [0.2, 0.25) is 5.91 Å². The van der Waals surface area contributed by atoms with Crippen LogP contribution in [-0.4, -0.2) is 41.7 Å². The molecule has 1 aliphatic heterocycles. The number of hydrogen-bond acceptors (Lipinski definition) is 2. The van der Waals surface area contributed by atoms with Crippen LogP contribution in [0.5, 0.6) is 0 Å². The number of piperidine rings is 1. The molecule has 0 saturated carbocycles. The van der Waals surface area contributed by atoms with E-state index in [4.69, 9.17) is 11.6 Å². The van der Waals surface area contributed by atoms with E-state index in [-0.39, 0.29) is 23.3 Å². The van der Waals surface area contributed by atoms with Crippen molar-refractivity contribution >= 4 is 23.4 Å². The Morgan fingerprint density at radius 3 is 2.08 bits per heavy atom. The number of rotatable bonds is 4. The van der Waals surface area contributed by atoms with Crippen LogP contribution in [-0.2, 0) is 10.2 Å². The molecular weight excluding hydrogens is 348 g/mol. The number of nitrogens with zero attached hydrogens (tertiary/aromatic N) is 1. The highest BCUT2D eigenvalue weighted by Gasteiger charge is 2.33. The Morgan fingerprint density at radius 1 is 1.08 bits per heavy atom. The van der Waals surface area contributed by atoms with Gasteiger partial charge < -0.3 is 10.2 Å². The zero-order valence-corrected chi connectivity index (χ0v) is 17.3. The molecule has 0 radical (unpaired) electrons. The van der Waals surface area contributed by atoms with Crippen molar-refractivity contribution < 1.29 is 9.59 Å². The van der Waals surface area contributed by atoms with Crippen LogP contribution in [0.25, 0.3) is 0 Å². The van der Waals surface area contributed by atoms with Gasteiger partial charge in [-0.25, -0.2) is 0 Å². The Labute approximate surface area is 162 Å². The lowest BCUT2D eigenvalue weighted by molar-refractivity contribution is -0.140. The van der Waals surface area contributed by atoms with E-state index in [9.17, 15) is 9.59 Å². The molecule has 1 aromatic rings. The van der Waals surface area contributed by atoms with Crippen LogP contribution in [0.2, 0.25) is 0 Å². The molecule has 1 saturated heterocycles. The average molecular weight is 379 g/mol. The molecule has 0 unspecified atom stereocenters. The number of nitrogens with one attached hydrogen (secondary N) is 1. The lowest BCUT2D eigenvalue weighted by atomic mass is 9.86. The Morgan fingerprint density at radius 2 is 1.62 bits per heavy atom. The van der Waals surface area contributed by atoms with Crippen LogP contribution in [0.4, 0.5) is 0 Å². The molecule has 1 heterocycles. The summed E-state index contributed by atoms with van der Waals surface area (Å²) in [6, 6.07) is 7.91. The first-order chi connectivity index (χ1) is 12.0. The largest absolute Gasteiger partial charge is 0.349 e. The van der Waals surface area contributed by atoms with Crippen LogP contribution in [0.1, 0.15) is 63.4 Å². The number of hydrogen-bond donors (Lipinski definition) is 1. The first kappa shape index (κ1) is 20.8. The van der Waals surface area contributed by atoms with Crippen molar-refractivity contribution in [1.82, 2.24) is 10.2 Å². The maximum atomic E-state index is 12.5. The Bertz CT molecular complexity index is 639. The summed E-state index contributed by atoms with van der Waals surface area (Å²) in [7, 11) is 0. The number of likely N-dealkylation sites (tertiary alicyclic amines) is 1. The maximum absolute atomic E-state index is 12.5. The van der Waals surface area contributed by atoms with Crippen LogP contribution < -0.4 is 5.32 Å². The van der Waals surface area contributed by atoms with Gasteiger partial charge in [0.15, 0.2) is 0 Å². The van der Waals surface area contributed by atoms with Crippen LogP contribution in [0.3, 0.4) is 0 Å². The molecule has 2 amide bonds. The summed E-state index contributed by atoms with van der Waals surface area (Å²) in [5.74, 6) is 0.360. The van der Waals surface area contributed by atoms with Gasteiger partial charge in [-0.1, -0.05) is 32.9 Å². The minimum Gasteiger partial charge on any atom is -0.349 e. The molecular formula is C21H31ClN2O2. The predicted octanol–water partition coefficient (Wildman–Crippen LogP) is 3.97. The molecule has 1 fully saturated rings. The lowest BCUT2D eigenvalue weighted by Gasteiger charge is -2.36. The summed E-state index contributed by atoms with van der Waals surface area (Å²) in [5, 5.41) is 3.10. The molecule has 4 nitrogen and oxygen atoms in total. The summed E-state index contributed by atoms with van der Waals surface area (Å²) < 4.78 is 0. The van der Waals surface area contributed by atoms with Gasteiger partial charge in [-0.05, 0) is 49.8 Å². The molecule has 5 heteroatoms. The third kappa shape index (κ3) is 5.00. The summed E-state index contributed by atoms with van der Waals surface area (Å²) in [4.78, 5) is 26.8. The fourth-order valence-corrected chi connectivity index (χ4v) is 3.22. The van der Waals surface area contributed by atoms with Crippen molar-refractivity contribution in [3.63, 3.8) is 0 Å². The number of alkyl halides is 1. The number of halogens is 1. The number of carbonyl (C=O) groups excluding carboxylic acids is 2. The SMILES string of the molecule is CC(C)(CCl)C(=O)N1CCC(NC(=O)c2ccc(C(C)(C)C)cc2)CC1. The molecule has 0 aliphatic carbocycles. The van der Waals surface area contributed by atoms with Gasteiger partial charge in [0.05, 0.1) is 5.41 Å². The third-order valence-corrected chi connectivity index (χ3v) is 5.71. The Hall–Kier alpha value is -1.55. The first-order valence-corrected chi connectivity index (χ1v) is 9.85. The van der Waals surface area contributed by atoms with Gasteiger partial charge in [0.1, 0.15) is 0 Å². The highest BCUT2D eigenvalue weighted by atomic mass is 35.5. The second-order valence-corrected chi connectivity index (χ2v) is 9.15. The van der Waals surface area contributed by atoms with Gasteiger partial charge >= 0.3 is 0 Å². The van der Waals surface area contributed by atoms with E-state index in [1.54, 1.807) is 0 Å². The van der Waals surface area contributed by atoms with E-state index in [1.807, 2.05) is 43.0 Å². The second kappa shape index (κ2) is 7.99. The minimum atomic E-state index is -0.535. The van der Waals surface area contributed by atoms with Crippen molar-refractivity contribution in [2.24, 2.45) is 5.41 Å². The van der Waals surface area contributed by atoms with E-state index in [0.29, 0.717) is 24.5 Å². The number of benzene rings is 1. The highest BCUT2D eigenvalue weighted by Crippen LogP contribution is 2.24. The van der Waals surface area contributed by atoms with E-state index in [2.05, 4.69) is 26.1 Å². The van der Waals surface area contributed by atoms with Crippen molar-refractivity contribution in [2.75, 3.05) is 19.0 Å². The summed E-state index contributed by atoms with van der Waals surface area (Å²) >= 11 is 5.91.